The second kappa shape index (κ2) is 4.07. The maximum atomic E-state index is 6.22. The van der Waals surface area contributed by atoms with Crippen LogP contribution in [0.5, 0.6) is 5.75 Å². The molecule has 0 aliphatic carbocycles. The van der Waals surface area contributed by atoms with Gasteiger partial charge in [-0.2, -0.15) is 0 Å². The minimum atomic E-state index is 0.647. The monoisotopic (exact) mass is 220 g/mol. The molecule has 0 bridgehead atoms. The minimum Gasteiger partial charge on any atom is -0.497 e. The van der Waals surface area contributed by atoms with E-state index in [1.165, 1.54) is 0 Å². The number of hydrogen-bond acceptors (Lipinski definition) is 2. The Morgan fingerprint density at radius 3 is 2.93 bits per heavy atom. The molecule has 0 unspecified atom stereocenters. The fourth-order valence-electron chi connectivity index (χ4n) is 1.48. The van der Waals surface area contributed by atoms with Crippen LogP contribution in [-0.2, 0) is 6.42 Å². The SMILES string of the molecule is [CH2]Cc1cnc2cc(OC)ccc2c1Cl. The molecule has 0 atom stereocenters. The number of fused-ring (bicyclic) bond motifs is 1. The van der Waals surface area contributed by atoms with Crippen molar-refractivity contribution in [2.45, 2.75) is 6.42 Å². The Labute approximate surface area is 93.8 Å². The van der Waals surface area contributed by atoms with Crippen LogP contribution in [0.3, 0.4) is 0 Å². The number of halogens is 1. The van der Waals surface area contributed by atoms with Crippen LogP contribution in [0.4, 0.5) is 0 Å². The molecule has 0 saturated heterocycles. The van der Waals surface area contributed by atoms with Crippen LogP contribution in [-0.4, -0.2) is 12.1 Å². The standard InChI is InChI=1S/C12H11ClNO/c1-3-8-7-14-11-6-9(15-2)4-5-10(11)12(8)13/h4-7H,1,3H2,2H3. The Morgan fingerprint density at radius 1 is 1.47 bits per heavy atom. The second-order valence-corrected chi connectivity index (χ2v) is 3.61. The van der Waals surface area contributed by atoms with E-state index in [1.54, 1.807) is 13.3 Å². The highest BCUT2D eigenvalue weighted by molar-refractivity contribution is 6.36. The van der Waals surface area contributed by atoms with Gasteiger partial charge in [0.25, 0.3) is 0 Å². The number of methoxy groups -OCH3 is 1. The molecule has 15 heavy (non-hydrogen) atoms. The van der Waals surface area contributed by atoms with E-state index >= 15 is 0 Å². The Bertz CT molecular complexity index is 496. The summed E-state index contributed by atoms with van der Waals surface area (Å²) in [5.41, 5.74) is 1.81. The average Bonchev–Trinajstić information content (AvgIpc) is 2.29. The molecule has 0 N–H and O–H groups in total. The lowest BCUT2D eigenvalue weighted by atomic mass is 10.1. The van der Waals surface area contributed by atoms with Crippen molar-refractivity contribution >= 4 is 22.5 Å². The highest BCUT2D eigenvalue weighted by atomic mass is 35.5. The van der Waals surface area contributed by atoms with E-state index in [4.69, 9.17) is 16.3 Å². The molecule has 0 saturated carbocycles. The molecule has 1 aromatic carbocycles. The molecule has 1 heterocycles. The molecule has 0 aliphatic heterocycles. The lowest BCUT2D eigenvalue weighted by molar-refractivity contribution is 0.415. The van der Waals surface area contributed by atoms with Gasteiger partial charge in [0, 0.05) is 17.6 Å². The van der Waals surface area contributed by atoms with Crippen LogP contribution < -0.4 is 4.74 Å². The normalized spacial score (nSPS) is 10.6. The van der Waals surface area contributed by atoms with Crippen LogP contribution in [0.2, 0.25) is 5.02 Å². The molecule has 2 aromatic rings. The molecule has 1 radical (unpaired) electrons. The van der Waals surface area contributed by atoms with Gasteiger partial charge < -0.3 is 4.74 Å². The third kappa shape index (κ3) is 1.77. The molecule has 0 spiro atoms. The molecule has 3 heteroatoms. The Balaban J connectivity index is 2.68. The molecule has 2 rings (SSSR count). The lowest BCUT2D eigenvalue weighted by Gasteiger charge is -2.06. The summed E-state index contributed by atoms with van der Waals surface area (Å²) in [7, 11) is 1.63. The van der Waals surface area contributed by atoms with Crippen molar-refractivity contribution in [3.63, 3.8) is 0 Å². The highest BCUT2D eigenvalue weighted by Crippen LogP contribution is 2.28. The number of hydrogen-bond donors (Lipinski definition) is 0. The van der Waals surface area contributed by atoms with E-state index in [0.717, 1.165) is 27.2 Å². The summed E-state index contributed by atoms with van der Waals surface area (Å²) in [5, 5.41) is 1.68. The zero-order chi connectivity index (χ0) is 10.8. The number of ether oxygens (including phenoxy) is 1. The lowest BCUT2D eigenvalue weighted by Crippen LogP contribution is -1.89. The smallest absolute Gasteiger partial charge is 0.121 e. The van der Waals surface area contributed by atoms with E-state index in [1.807, 2.05) is 18.2 Å². The van der Waals surface area contributed by atoms with E-state index < -0.39 is 0 Å². The van der Waals surface area contributed by atoms with Crippen LogP contribution in [0.1, 0.15) is 5.56 Å². The number of pyridine rings is 1. The fraction of sp³-hybridized carbons (Fsp3) is 0.167. The third-order valence-electron chi connectivity index (χ3n) is 2.35. The van der Waals surface area contributed by atoms with Crippen LogP contribution >= 0.6 is 11.6 Å². The zero-order valence-corrected chi connectivity index (χ0v) is 9.21. The largest absolute Gasteiger partial charge is 0.497 e. The topological polar surface area (TPSA) is 22.1 Å². The van der Waals surface area contributed by atoms with Gasteiger partial charge in [0.05, 0.1) is 17.6 Å². The molecule has 0 amide bonds. The van der Waals surface area contributed by atoms with Gasteiger partial charge in [-0.15, -0.1) is 0 Å². The van der Waals surface area contributed by atoms with Gasteiger partial charge in [-0.25, -0.2) is 0 Å². The van der Waals surface area contributed by atoms with Gasteiger partial charge in [0.2, 0.25) is 0 Å². The second-order valence-electron chi connectivity index (χ2n) is 3.23. The summed E-state index contributed by atoms with van der Waals surface area (Å²) in [6, 6.07) is 5.67. The van der Waals surface area contributed by atoms with E-state index in [0.29, 0.717) is 6.42 Å². The zero-order valence-electron chi connectivity index (χ0n) is 8.46. The van der Waals surface area contributed by atoms with E-state index in [-0.39, 0.29) is 0 Å². The summed E-state index contributed by atoms with van der Waals surface area (Å²) >= 11 is 6.22. The number of nitrogens with zero attached hydrogens (tertiary/aromatic N) is 1. The van der Waals surface area contributed by atoms with Crippen molar-refractivity contribution in [1.82, 2.24) is 4.98 Å². The van der Waals surface area contributed by atoms with Crippen molar-refractivity contribution in [3.05, 3.63) is 41.9 Å². The molecule has 0 aliphatic rings. The molecule has 1 aromatic heterocycles. The highest BCUT2D eigenvalue weighted by Gasteiger charge is 2.05. The maximum Gasteiger partial charge on any atom is 0.121 e. The van der Waals surface area contributed by atoms with Gasteiger partial charge in [0.15, 0.2) is 0 Å². The molecule has 2 nitrogen and oxygen atoms in total. The van der Waals surface area contributed by atoms with Gasteiger partial charge in [-0.3, -0.25) is 4.98 Å². The van der Waals surface area contributed by atoms with Crippen molar-refractivity contribution in [1.29, 1.82) is 0 Å². The molecular formula is C12H11ClNO. The summed E-state index contributed by atoms with van der Waals surface area (Å²) in [4.78, 5) is 4.32. The fourth-order valence-corrected chi connectivity index (χ4v) is 1.79. The summed E-state index contributed by atoms with van der Waals surface area (Å²) in [5.74, 6) is 0.786. The predicted octanol–water partition coefficient (Wildman–Crippen LogP) is 3.27. The first-order valence-electron chi connectivity index (χ1n) is 4.66. The van der Waals surface area contributed by atoms with Gasteiger partial charge in [0.1, 0.15) is 5.75 Å². The minimum absolute atomic E-state index is 0.647. The first-order chi connectivity index (χ1) is 7.26. The van der Waals surface area contributed by atoms with E-state index in [9.17, 15) is 0 Å². The van der Waals surface area contributed by atoms with Crippen molar-refractivity contribution in [2.24, 2.45) is 0 Å². The Kier molecular flexibility index (Phi) is 2.78. The van der Waals surface area contributed by atoms with Crippen molar-refractivity contribution in [3.8, 4) is 5.75 Å². The summed E-state index contributed by atoms with van der Waals surface area (Å²) in [6.07, 6.45) is 2.41. The molecular weight excluding hydrogens is 210 g/mol. The van der Waals surface area contributed by atoms with Gasteiger partial charge in [-0.1, -0.05) is 11.6 Å². The predicted molar refractivity (Wildman–Crippen MR) is 62.4 cm³/mol. The molecule has 0 fully saturated rings. The molecule has 77 valence electrons. The Morgan fingerprint density at radius 2 is 2.27 bits per heavy atom. The van der Waals surface area contributed by atoms with Gasteiger partial charge >= 0.3 is 0 Å². The Hall–Kier alpha value is -1.28. The average molecular weight is 221 g/mol. The number of benzene rings is 1. The quantitative estimate of drug-likeness (QED) is 0.775. The van der Waals surface area contributed by atoms with Crippen molar-refractivity contribution in [2.75, 3.05) is 7.11 Å². The first kappa shape index (κ1) is 10.2. The number of aromatic nitrogens is 1. The van der Waals surface area contributed by atoms with Gasteiger partial charge in [-0.05, 0) is 31.0 Å². The van der Waals surface area contributed by atoms with Crippen LogP contribution in [0.15, 0.2) is 24.4 Å². The first-order valence-corrected chi connectivity index (χ1v) is 5.04. The number of rotatable bonds is 2. The summed E-state index contributed by atoms with van der Waals surface area (Å²) in [6.45, 7) is 3.81. The third-order valence-corrected chi connectivity index (χ3v) is 2.80. The van der Waals surface area contributed by atoms with Crippen LogP contribution in [0, 0.1) is 6.92 Å². The summed E-state index contributed by atoms with van der Waals surface area (Å²) < 4.78 is 5.12. The van der Waals surface area contributed by atoms with Crippen LogP contribution in [0.25, 0.3) is 10.9 Å². The van der Waals surface area contributed by atoms with Crippen molar-refractivity contribution < 1.29 is 4.74 Å². The van der Waals surface area contributed by atoms with E-state index in [2.05, 4.69) is 11.9 Å². The maximum absolute atomic E-state index is 6.22.